The van der Waals surface area contributed by atoms with Gasteiger partial charge >= 0.3 is 0 Å². The second kappa shape index (κ2) is 7.79. The summed E-state index contributed by atoms with van der Waals surface area (Å²) in [6.45, 7) is 2.40. The zero-order valence-corrected chi connectivity index (χ0v) is 12.3. The molecule has 2 N–H and O–H groups in total. The molecule has 2 aromatic carbocycles. The van der Waals surface area contributed by atoms with Gasteiger partial charge < -0.3 is 19.6 Å². The molecule has 0 aliphatic carbocycles. The normalized spacial score (nSPS) is 14.9. The number of anilines is 1. The lowest BCUT2D eigenvalue weighted by molar-refractivity contribution is -0.0684. The molecule has 1 fully saturated rings. The van der Waals surface area contributed by atoms with Crippen LogP contribution in [-0.2, 0) is 16.0 Å². The van der Waals surface area contributed by atoms with Gasteiger partial charge in [0, 0.05) is 12.2 Å². The number of rotatable bonds is 7. The summed E-state index contributed by atoms with van der Waals surface area (Å²) < 4.78 is 16.4. The minimum atomic E-state index is -0.249. The second-order valence-electron chi connectivity index (χ2n) is 4.97. The molecule has 0 atom stereocenters. The molecule has 1 aliphatic heterocycles. The third-order valence-electron chi connectivity index (χ3n) is 3.27. The van der Waals surface area contributed by atoms with Gasteiger partial charge in [0.05, 0.1) is 13.2 Å². The third-order valence-corrected chi connectivity index (χ3v) is 3.27. The Hall–Kier alpha value is -2.08. The van der Waals surface area contributed by atoms with Gasteiger partial charge in [0.1, 0.15) is 12.4 Å². The Balaban J connectivity index is 1.46. The summed E-state index contributed by atoms with van der Waals surface area (Å²) in [7, 11) is 0. The molecule has 1 aliphatic rings. The Morgan fingerprint density at radius 3 is 2.64 bits per heavy atom. The lowest BCUT2D eigenvalue weighted by Crippen LogP contribution is -2.21. The van der Waals surface area contributed by atoms with Gasteiger partial charge in [-0.25, -0.2) is 5.43 Å². The maximum absolute atomic E-state index is 5.70. The molecule has 1 heterocycles. The van der Waals surface area contributed by atoms with E-state index in [0.29, 0.717) is 26.4 Å². The van der Waals surface area contributed by atoms with Crippen LogP contribution < -0.4 is 15.6 Å². The lowest BCUT2D eigenvalue weighted by atomic mass is 10.2. The van der Waals surface area contributed by atoms with Gasteiger partial charge in [-0.1, -0.05) is 30.3 Å². The highest BCUT2D eigenvalue weighted by molar-refractivity contribution is 5.41. The first-order valence-electron chi connectivity index (χ1n) is 7.39. The predicted octanol–water partition coefficient (Wildman–Crippen LogP) is 2.56. The zero-order chi connectivity index (χ0) is 15.0. The van der Waals surface area contributed by atoms with Gasteiger partial charge in [-0.3, -0.25) is 0 Å². The summed E-state index contributed by atoms with van der Waals surface area (Å²) in [6, 6.07) is 18.0. The van der Waals surface area contributed by atoms with Crippen molar-refractivity contribution < 1.29 is 14.2 Å². The highest BCUT2D eigenvalue weighted by Crippen LogP contribution is 2.15. The van der Waals surface area contributed by atoms with Crippen molar-refractivity contribution in [3.05, 3.63) is 60.2 Å². The third kappa shape index (κ3) is 4.46. The lowest BCUT2D eigenvalue weighted by Gasteiger charge is -2.12. The van der Waals surface area contributed by atoms with Gasteiger partial charge in [0.25, 0.3) is 0 Å². The molecule has 0 unspecified atom stereocenters. The van der Waals surface area contributed by atoms with Crippen LogP contribution >= 0.6 is 0 Å². The Bertz CT molecular complexity index is 571. The SMILES string of the molecule is c1ccc(NNCc2cccc(OCC3OCCO3)c2)cc1. The molecule has 5 heteroatoms. The van der Waals surface area contributed by atoms with Crippen LogP contribution in [0.3, 0.4) is 0 Å². The topological polar surface area (TPSA) is 51.8 Å². The monoisotopic (exact) mass is 300 g/mol. The fraction of sp³-hybridized carbons (Fsp3) is 0.294. The summed E-state index contributed by atoms with van der Waals surface area (Å²) in [5.74, 6) is 0.818. The van der Waals surface area contributed by atoms with Crippen LogP contribution in [0.1, 0.15) is 5.56 Å². The fourth-order valence-electron chi connectivity index (χ4n) is 2.18. The Morgan fingerprint density at radius 1 is 1.00 bits per heavy atom. The van der Waals surface area contributed by atoms with E-state index in [1.807, 2.05) is 48.5 Å². The minimum absolute atomic E-state index is 0.249. The van der Waals surface area contributed by atoms with Crippen LogP contribution in [0.15, 0.2) is 54.6 Å². The van der Waals surface area contributed by atoms with E-state index in [1.54, 1.807) is 0 Å². The fourth-order valence-corrected chi connectivity index (χ4v) is 2.18. The molecule has 22 heavy (non-hydrogen) atoms. The first-order valence-corrected chi connectivity index (χ1v) is 7.39. The van der Waals surface area contributed by atoms with Crippen molar-refractivity contribution in [3.63, 3.8) is 0 Å². The Morgan fingerprint density at radius 2 is 1.82 bits per heavy atom. The van der Waals surface area contributed by atoms with E-state index >= 15 is 0 Å². The van der Waals surface area contributed by atoms with Crippen molar-refractivity contribution in [2.45, 2.75) is 12.8 Å². The molecular weight excluding hydrogens is 280 g/mol. The van der Waals surface area contributed by atoms with Crippen molar-refractivity contribution in [1.82, 2.24) is 5.43 Å². The molecule has 1 saturated heterocycles. The smallest absolute Gasteiger partial charge is 0.191 e. The number of benzene rings is 2. The summed E-state index contributed by atoms with van der Waals surface area (Å²) in [5.41, 5.74) is 8.51. The molecule has 0 aromatic heterocycles. The van der Waals surface area contributed by atoms with Gasteiger partial charge in [-0.05, 0) is 29.8 Å². The average Bonchev–Trinajstić information content (AvgIpc) is 3.08. The number of hydrogen-bond donors (Lipinski definition) is 2. The van der Waals surface area contributed by atoms with E-state index in [9.17, 15) is 0 Å². The quantitative estimate of drug-likeness (QED) is 0.770. The summed E-state index contributed by atoms with van der Waals surface area (Å²) in [6.07, 6.45) is -0.249. The van der Waals surface area contributed by atoms with Crippen LogP contribution in [0.2, 0.25) is 0 Å². The molecule has 0 radical (unpaired) electrons. The van der Waals surface area contributed by atoms with E-state index in [-0.39, 0.29) is 6.29 Å². The van der Waals surface area contributed by atoms with E-state index in [4.69, 9.17) is 14.2 Å². The van der Waals surface area contributed by atoms with Crippen LogP contribution in [0.5, 0.6) is 5.75 Å². The van der Waals surface area contributed by atoms with E-state index in [2.05, 4.69) is 16.9 Å². The molecule has 0 bridgehead atoms. The first kappa shape index (κ1) is 14.8. The molecule has 3 rings (SSSR count). The van der Waals surface area contributed by atoms with Crippen molar-refractivity contribution in [1.29, 1.82) is 0 Å². The number of ether oxygens (including phenoxy) is 3. The molecule has 0 saturated carbocycles. The maximum atomic E-state index is 5.70. The average molecular weight is 300 g/mol. The van der Waals surface area contributed by atoms with Crippen LogP contribution in [0, 0.1) is 0 Å². The van der Waals surface area contributed by atoms with Crippen LogP contribution in [0.25, 0.3) is 0 Å². The Labute approximate surface area is 130 Å². The summed E-state index contributed by atoms with van der Waals surface area (Å²) in [5, 5.41) is 0. The Kier molecular flexibility index (Phi) is 5.26. The predicted molar refractivity (Wildman–Crippen MR) is 84.5 cm³/mol. The highest BCUT2D eigenvalue weighted by atomic mass is 16.7. The van der Waals surface area contributed by atoms with E-state index < -0.39 is 0 Å². The van der Waals surface area contributed by atoms with Crippen molar-refractivity contribution in [2.24, 2.45) is 0 Å². The molecule has 0 spiro atoms. The van der Waals surface area contributed by atoms with Crippen LogP contribution in [-0.4, -0.2) is 26.1 Å². The number of nitrogens with one attached hydrogen (secondary N) is 2. The number of hydrazine groups is 1. The van der Waals surface area contributed by atoms with Crippen molar-refractivity contribution in [3.8, 4) is 5.75 Å². The first-order chi connectivity index (χ1) is 10.9. The largest absolute Gasteiger partial charge is 0.488 e. The standard InChI is InChI=1S/C17H20N2O3/c1-2-6-15(7-3-1)19-18-12-14-5-4-8-16(11-14)22-13-17-20-9-10-21-17/h1-8,11,17-19H,9-10,12-13H2. The summed E-state index contributed by atoms with van der Waals surface area (Å²) in [4.78, 5) is 0. The highest BCUT2D eigenvalue weighted by Gasteiger charge is 2.16. The van der Waals surface area contributed by atoms with Gasteiger partial charge in [0.15, 0.2) is 6.29 Å². The molecule has 0 amide bonds. The van der Waals surface area contributed by atoms with Gasteiger partial charge in [-0.15, -0.1) is 0 Å². The van der Waals surface area contributed by atoms with E-state index in [1.165, 1.54) is 0 Å². The van der Waals surface area contributed by atoms with Crippen molar-refractivity contribution >= 4 is 5.69 Å². The molecule has 116 valence electrons. The molecular formula is C17H20N2O3. The number of hydrogen-bond acceptors (Lipinski definition) is 5. The molecule has 5 nitrogen and oxygen atoms in total. The van der Waals surface area contributed by atoms with Gasteiger partial charge in [0.2, 0.25) is 0 Å². The summed E-state index contributed by atoms with van der Waals surface area (Å²) >= 11 is 0. The molecule has 2 aromatic rings. The van der Waals surface area contributed by atoms with E-state index in [0.717, 1.165) is 17.0 Å². The van der Waals surface area contributed by atoms with Crippen LogP contribution in [0.4, 0.5) is 5.69 Å². The minimum Gasteiger partial charge on any atom is -0.488 e. The van der Waals surface area contributed by atoms with Gasteiger partial charge in [-0.2, -0.15) is 0 Å². The number of para-hydroxylation sites is 1. The van der Waals surface area contributed by atoms with Crippen molar-refractivity contribution in [2.75, 3.05) is 25.2 Å². The maximum Gasteiger partial charge on any atom is 0.191 e. The zero-order valence-electron chi connectivity index (χ0n) is 12.3. The second-order valence-corrected chi connectivity index (χ2v) is 4.97.